The first-order valence-corrected chi connectivity index (χ1v) is 8.84. The van der Waals surface area contributed by atoms with Crippen molar-refractivity contribution in [3.05, 3.63) is 23.7 Å². The maximum atomic E-state index is 5.56. The Morgan fingerprint density at radius 3 is 2.90 bits per heavy atom. The van der Waals surface area contributed by atoms with Gasteiger partial charge in [0.15, 0.2) is 0 Å². The highest BCUT2D eigenvalue weighted by atomic mass is 16.3. The fourth-order valence-electron chi connectivity index (χ4n) is 4.01. The van der Waals surface area contributed by atoms with Crippen LogP contribution in [0.3, 0.4) is 0 Å². The summed E-state index contributed by atoms with van der Waals surface area (Å²) in [6, 6.07) is 3.52. The predicted octanol–water partition coefficient (Wildman–Crippen LogP) is 3.90. The molecule has 2 aliphatic rings. The second-order valence-corrected chi connectivity index (χ2v) is 6.82. The van der Waals surface area contributed by atoms with Crippen LogP contribution >= 0.6 is 0 Å². The van der Waals surface area contributed by atoms with Gasteiger partial charge in [0, 0.05) is 24.1 Å². The van der Waals surface area contributed by atoms with Crippen LogP contribution in [0, 0.1) is 0 Å². The summed E-state index contributed by atoms with van der Waals surface area (Å²) in [6.45, 7) is 2.34. The standard InChI is InChI=1S/C18H30N2O/c1-20(15-7-3-2-4-8-15)13-6-12-19-17-9-5-10-18-16(17)11-14-21-18/h11,14-15,17,19H,2-10,12-13H2,1H3. The maximum absolute atomic E-state index is 5.56. The molecule has 1 heterocycles. The van der Waals surface area contributed by atoms with E-state index in [-0.39, 0.29) is 0 Å². The zero-order chi connectivity index (χ0) is 14.5. The lowest BCUT2D eigenvalue weighted by molar-refractivity contribution is 0.189. The molecule has 1 atom stereocenters. The molecule has 3 rings (SSSR count). The molecule has 1 fully saturated rings. The van der Waals surface area contributed by atoms with Crippen LogP contribution in [-0.4, -0.2) is 31.1 Å². The van der Waals surface area contributed by atoms with E-state index in [0.717, 1.165) is 19.0 Å². The van der Waals surface area contributed by atoms with Gasteiger partial charge >= 0.3 is 0 Å². The molecule has 2 aliphatic carbocycles. The Hall–Kier alpha value is -0.800. The Morgan fingerprint density at radius 2 is 2.05 bits per heavy atom. The zero-order valence-corrected chi connectivity index (χ0v) is 13.4. The van der Waals surface area contributed by atoms with Crippen LogP contribution in [0.2, 0.25) is 0 Å². The number of aryl methyl sites for hydroxylation is 1. The fraction of sp³-hybridized carbons (Fsp3) is 0.778. The third-order valence-corrected chi connectivity index (χ3v) is 5.33. The van der Waals surface area contributed by atoms with Gasteiger partial charge in [-0.25, -0.2) is 0 Å². The first-order valence-electron chi connectivity index (χ1n) is 8.84. The molecule has 1 unspecified atom stereocenters. The van der Waals surface area contributed by atoms with Crippen molar-refractivity contribution in [3.63, 3.8) is 0 Å². The zero-order valence-electron chi connectivity index (χ0n) is 13.4. The topological polar surface area (TPSA) is 28.4 Å². The van der Waals surface area contributed by atoms with Crippen molar-refractivity contribution in [1.82, 2.24) is 10.2 Å². The molecule has 21 heavy (non-hydrogen) atoms. The van der Waals surface area contributed by atoms with Gasteiger partial charge in [-0.15, -0.1) is 0 Å². The highest BCUT2D eigenvalue weighted by molar-refractivity contribution is 5.23. The Balaban J connectivity index is 1.37. The second kappa shape index (κ2) is 7.46. The van der Waals surface area contributed by atoms with E-state index in [1.807, 2.05) is 6.26 Å². The average molecular weight is 290 g/mol. The van der Waals surface area contributed by atoms with Gasteiger partial charge in [-0.1, -0.05) is 19.3 Å². The van der Waals surface area contributed by atoms with Gasteiger partial charge in [-0.05, 0) is 58.3 Å². The van der Waals surface area contributed by atoms with Crippen molar-refractivity contribution in [1.29, 1.82) is 0 Å². The van der Waals surface area contributed by atoms with E-state index in [2.05, 4.69) is 23.3 Å². The average Bonchev–Trinajstić information content (AvgIpc) is 3.01. The lowest BCUT2D eigenvalue weighted by atomic mass is 9.93. The molecule has 118 valence electrons. The normalized spacial score (nSPS) is 23.4. The summed E-state index contributed by atoms with van der Waals surface area (Å²) < 4.78 is 5.56. The van der Waals surface area contributed by atoms with Gasteiger partial charge in [0.1, 0.15) is 5.76 Å². The summed E-state index contributed by atoms with van der Waals surface area (Å²) in [5, 5.41) is 3.74. The molecular formula is C18H30N2O. The van der Waals surface area contributed by atoms with Gasteiger partial charge in [0.2, 0.25) is 0 Å². The minimum Gasteiger partial charge on any atom is -0.469 e. The summed E-state index contributed by atoms with van der Waals surface area (Å²) in [5.41, 5.74) is 1.40. The van der Waals surface area contributed by atoms with Crippen molar-refractivity contribution in [2.45, 2.75) is 69.9 Å². The SMILES string of the molecule is CN(CCCNC1CCCc2occc21)C1CCCCC1. The van der Waals surface area contributed by atoms with Gasteiger partial charge < -0.3 is 14.6 Å². The molecule has 0 spiro atoms. The summed E-state index contributed by atoms with van der Waals surface area (Å²) in [7, 11) is 2.31. The van der Waals surface area contributed by atoms with Crippen molar-refractivity contribution in [3.8, 4) is 0 Å². The molecule has 1 aromatic rings. The van der Waals surface area contributed by atoms with Crippen LogP contribution in [0.4, 0.5) is 0 Å². The molecule has 1 saturated carbocycles. The Kier molecular flexibility index (Phi) is 5.37. The minimum absolute atomic E-state index is 0.521. The molecule has 0 aromatic carbocycles. The van der Waals surface area contributed by atoms with Crippen molar-refractivity contribution in [2.75, 3.05) is 20.1 Å². The molecule has 0 bridgehead atoms. The first kappa shape index (κ1) is 15.1. The van der Waals surface area contributed by atoms with Crippen molar-refractivity contribution < 1.29 is 4.42 Å². The number of hydrogen-bond acceptors (Lipinski definition) is 3. The molecule has 0 radical (unpaired) electrons. The Morgan fingerprint density at radius 1 is 1.19 bits per heavy atom. The highest BCUT2D eigenvalue weighted by Gasteiger charge is 2.22. The van der Waals surface area contributed by atoms with Crippen LogP contribution in [-0.2, 0) is 6.42 Å². The third-order valence-electron chi connectivity index (χ3n) is 5.33. The second-order valence-electron chi connectivity index (χ2n) is 6.82. The van der Waals surface area contributed by atoms with Crippen LogP contribution in [0.15, 0.2) is 16.7 Å². The molecule has 0 aliphatic heterocycles. The number of hydrogen-bond donors (Lipinski definition) is 1. The first-order chi connectivity index (χ1) is 10.3. The quantitative estimate of drug-likeness (QED) is 0.805. The van der Waals surface area contributed by atoms with E-state index >= 15 is 0 Å². The van der Waals surface area contributed by atoms with Gasteiger partial charge in [-0.3, -0.25) is 0 Å². The lowest BCUT2D eigenvalue weighted by Gasteiger charge is -2.31. The molecule has 0 saturated heterocycles. The van der Waals surface area contributed by atoms with E-state index in [1.54, 1.807) is 0 Å². The van der Waals surface area contributed by atoms with E-state index in [9.17, 15) is 0 Å². The summed E-state index contributed by atoms with van der Waals surface area (Å²) in [6.07, 6.45) is 13.8. The monoisotopic (exact) mass is 290 g/mol. The fourth-order valence-corrected chi connectivity index (χ4v) is 4.01. The summed E-state index contributed by atoms with van der Waals surface area (Å²) >= 11 is 0. The molecule has 3 heteroatoms. The van der Waals surface area contributed by atoms with Crippen LogP contribution < -0.4 is 5.32 Å². The molecule has 0 amide bonds. The van der Waals surface area contributed by atoms with Gasteiger partial charge in [0.05, 0.1) is 6.26 Å². The van der Waals surface area contributed by atoms with Gasteiger partial charge in [-0.2, -0.15) is 0 Å². The van der Waals surface area contributed by atoms with Crippen molar-refractivity contribution in [2.24, 2.45) is 0 Å². The van der Waals surface area contributed by atoms with E-state index in [1.165, 1.54) is 69.2 Å². The Bertz CT molecular complexity index is 423. The molecular weight excluding hydrogens is 260 g/mol. The van der Waals surface area contributed by atoms with Gasteiger partial charge in [0.25, 0.3) is 0 Å². The molecule has 1 aromatic heterocycles. The number of furan rings is 1. The summed E-state index contributed by atoms with van der Waals surface area (Å²) in [5.74, 6) is 1.21. The largest absolute Gasteiger partial charge is 0.469 e. The molecule has 1 N–H and O–H groups in total. The smallest absolute Gasteiger partial charge is 0.108 e. The number of nitrogens with zero attached hydrogens (tertiary/aromatic N) is 1. The number of fused-ring (bicyclic) bond motifs is 1. The van der Waals surface area contributed by atoms with E-state index in [0.29, 0.717) is 6.04 Å². The summed E-state index contributed by atoms with van der Waals surface area (Å²) in [4.78, 5) is 2.59. The number of rotatable bonds is 6. The molecule has 3 nitrogen and oxygen atoms in total. The third kappa shape index (κ3) is 3.89. The Labute approximate surface area is 129 Å². The lowest BCUT2D eigenvalue weighted by Crippen LogP contribution is -2.35. The van der Waals surface area contributed by atoms with Crippen molar-refractivity contribution >= 4 is 0 Å². The van der Waals surface area contributed by atoms with Crippen LogP contribution in [0.1, 0.15) is 68.7 Å². The van der Waals surface area contributed by atoms with E-state index < -0.39 is 0 Å². The maximum Gasteiger partial charge on any atom is 0.108 e. The predicted molar refractivity (Wildman–Crippen MR) is 86.5 cm³/mol. The number of nitrogens with one attached hydrogen (secondary N) is 1. The minimum atomic E-state index is 0.521. The highest BCUT2D eigenvalue weighted by Crippen LogP contribution is 2.30. The van der Waals surface area contributed by atoms with Crippen LogP contribution in [0.5, 0.6) is 0 Å². The van der Waals surface area contributed by atoms with E-state index in [4.69, 9.17) is 4.42 Å². The van der Waals surface area contributed by atoms with Crippen LogP contribution in [0.25, 0.3) is 0 Å².